The summed E-state index contributed by atoms with van der Waals surface area (Å²) in [5, 5.41) is 3.56. The van der Waals surface area contributed by atoms with Gasteiger partial charge in [-0.05, 0) is 36.8 Å². The van der Waals surface area contributed by atoms with Gasteiger partial charge in [-0.25, -0.2) is 0 Å². The number of rotatable bonds is 0. The number of nitrogens with one attached hydrogen (secondary N) is 1. The van der Waals surface area contributed by atoms with Crippen LogP contribution >= 0.6 is 0 Å². The zero-order valence-electron chi connectivity index (χ0n) is 10.5. The van der Waals surface area contributed by atoms with Crippen molar-refractivity contribution in [1.29, 1.82) is 0 Å². The summed E-state index contributed by atoms with van der Waals surface area (Å²) in [4.78, 5) is 4.66. The maximum Gasteiger partial charge on any atom is 0.183 e. The van der Waals surface area contributed by atoms with E-state index < -0.39 is 0 Å². The summed E-state index contributed by atoms with van der Waals surface area (Å²) < 4.78 is 0. The van der Waals surface area contributed by atoms with Crippen molar-refractivity contribution in [2.24, 2.45) is 0 Å². The van der Waals surface area contributed by atoms with Crippen molar-refractivity contribution in [2.45, 2.75) is 13.2 Å². The molecule has 0 saturated heterocycles. The molecule has 1 unspecified atom stereocenters. The molecule has 0 spiro atoms. The van der Waals surface area contributed by atoms with Crippen molar-refractivity contribution >= 4 is 22.7 Å². The van der Waals surface area contributed by atoms with E-state index in [4.69, 9.17) is 0 Å². The van der Waals surface area contributed by atoms with E-state index in [9.17, 15) is 0 Å². The molecule has 1 atom stereocenters. The van der Waals surface area contributed by atoms with Crippen LogP contribution in [0.3, 0.4) is 0 Å². The smallest absolute Gasteiger partial charge is 0.183 e. The molecule has 2 aliphatic rings. The molecule has 2 aromatic rings. The number of anilines is 4. The fraction of sp³-hybridized carbons (Fsp3) is 0.200. The molecular formula is C15H15N3. The molecule has 0 radical (unpaired) electrons. The highest BCUT2D eigenvalue weighted by Crippen LogP contribution is 2.49. The summed E-state index contributed by atoms with van der Waals surface area (Å²) in [6.45, 7) is 2.14. The monoisotopic (exact) mass is 237 g/mol. The van der Waals surface area contributed by atoms with E-state index in [-0.39, 0.29) is 6.29 Å². The van der Waals surface area contributed by atoms with E-state index in [0.717, 1.165) is 0 Å². The molecule has 3 nitrogen and oxygen atoms in total. The van der Waals surface area contributed by atoms with Crippen LogP contribution in [0.25, 0.3) is 0 Å². The third-order valence-electron chi connectivity index (χ3n) is 3.83. The lowest BCUT2D eigenvalue weighted by atomic mass is 10.1. The Morgan fingerprint density at radius 2 is 1.83 bits per heavy atom. The summed E-state index contributed by atoms with van der Waals surface area (Å²) in [6.07, 6.45) is 0.208. The third kappa shape index (κ3) is 1.09. The molecule has 3 heteroatoms. The predicted octanol–water partition coefficient (Wildman–Crippen LogP) is 3.29. The Balaban J connectivity index is 1.95. The number of nitrogens with zero attached hydrogens (tertiary/aromatic N) is 2. The van der Waals surface area contributed by atoms with Crippen LogP contribution in [-0.4, -0.2) is 13.3 Å². The molecule has 0 aliphatic carbocycles. The summed E-state index contributed by atoms with van der Waals surface area (Å²) in [5.74, 6) is 0. The first-order valence-electron chi connectivity index (χ1n) is 6.24. The van der Waals surface area contributed by atoms with Crippen LogP contribution in [-0.2, 0) is 0 Å². The van der Waals surface area contributed by atoms with Gasteiger partial charge in [0, 0.05) is 7.05 Å². The van der Waals surface area contributed by atoms with E-state index in [1.807, 2.05) is 0 Å². The molecule has 2 aliphatic heterocycles. The number of hydrogen-bond acceptors (Lipinski definition) is 3. The first-order valence-corrected chi connectivity index (χ1v) is 6.24. The van der Waals surface area contributed by atoms with Gasteiger partial charge in [0.25, 0.3) is 0 Å². The van der Waals surface area contributed by atoms with Crippen molar-refractivity contribution in [3.63, 3.8) is 0 Å². The standard InChI is InChI=1S/C15H15N3/c1-10-7-8-13-14(9-10)18-12-6-4-3-5-11(12)16-15(18)17(13)2/h3-9,15-16H,1-2H3. The van der Waals surface area contributed by atoms with E-state index >= 15 is 0 Å². The van der Waals surface area contributed by atoms with Crippen LogP contribution in [0.5, 0.6) is 0 Å². The Hall–Kier alpha value is -2.16. The zero-order chi connectivity index (χ0) is 12.3. The van der Waals surface area contributed by atoms with Gasteiger partial charge in [0.2, 0.25) is 0 Å². The molecule has 90 valence electrons. The molecule has 0 bridgehead atoms. The molecule has 4 rings (SSSR count). The predicted molar refractivity (Wildman–Crippen MR) is 75.6 cm³/mol. The lowest BCUT2D eigenvalue weighted by Gasteiger charge is -2.23. The van der Waals surface area contributed by atoms with Crippen LogP contribution < -0.4 is 15.1 Å². The minimum atomic E-state index is 0.208. The van der Waals surface area contributed by atoms with Gasteiger partial charge in [0.15, 0.2) is 6.29 Å². The molecule has 2 aromatic carbocycles. The number of para-hydroxylation sites is 2. The highest BCUT2D eigenvalue weighted by atomic mass is 15.5. The summed E-state index contributed by atoms with van der Waals surface area (Å²) in [5.41, 5.74) is 6.35. The Morgan fingerprint density at radius 3 is 2.72 bits per heavy atom. The zero-order valence-corrected chi connectivity index (χ0v) is 10.5. The number of aryl methyl sites for hydroxylation is 1. The molecule has 18 heavy (non-hydrogen) atoms. The van der Waals surface area contributed by atoms with Gasteiger partial charge in [-0.15, -0.1) is 0 Å². The number of fused-ring (bicyclic) bond motifs is 5. The Kier molecular flexibility index (Phi) is 1.74. The highest BCUT2D eigenvalue weighted by molar-refractivity contribution is 5.92. The van der Waals surface area contributed by atoms with Gasteiger partial charge in [-0.3, -0.25) is 4.90 Å². The van der Waals surface area contributed by atoms with E-state index in [1.165, 1.54) is 28.3 Å². The van der Waals surface area contributed by atoms with E-state index in [1.54, 1.807) is 0 Å². The summed E-state index contributed by atoms with van der Waals surface area (Å²) in [6, 6.07) is 15.1. The lowest BCUT2D eigenvalue weighted by Crippen LogP contribution is -2.40. The molecular weight excluding hydrogens is 222 g/mol. The van der Waals surface area contributed by atoms with Crippen molar-refractivity contribution < 1.29 is 0 Å². The first-order chi connectivity index (χ1) is 8.75. The first kappa shape index (κ1) is 9.83. The normalized spacial score (nSPS) is 19.3. The molecule has 1 N–H and O–H groups in total. The topological polar surface area (TPSA) is 18.5 Å². The lowest BCUT2D eigenvalue weighted by molar-refractivity contribution is 0.777. The average molecular weight is 237 g/mol. The van der Waals surface area contributed by atoms with Gasteiger partial charge in [-0.1, -0.05) is 18.2 Å². The Morgan fingerprint density at radius 1 is 1.00 bits per heavy atom. The Labute approximate surface area is 107 Å². The van der Waals surface area contributed by atoms with Gasteiger partial charge >= 0.3 is 0 Å². The minimum absolute atomic E-state index is 0.208. The molecule has 2 heterocycles. The highest BCUT2D eigenvalue weighted by Gasteiger charge is 2.40. The fourth-order valence-corrected chi connectivity index (χ4v) is 2.93. The second-order valence-electron chi connectivity index (χ2n) is 5.01. The largest absolute Gasteiger partial charge is 0.346 e. The SMILES string of the molecule is Cc1ccc2c(c1)N1c3ccccc3NC1N2C. The maximum absolute atomic E-state index is 3.56. The van der Waals surface area contributed by atoms with Crippen LogP contribution in [0.2, 0.25) is 0 Å². The van der Waals surface area contributed by atoms with Crippen LogP contribution in [0.1, 0.15) is 5.56 Å². The third-order valence-corrected chi connectivity index (χ3v) is 3.83. The molecule has 0 amide bonds. The van der Waals surface area contributed by atoms with Crippen molar-refractivity contribution in [2.75, 3.05) is 22.2 Å². The number of hydrogen-bond donors (Lipinski definition) is 1. The second kappa shape index (κ2) is 3.19. The van der Waals surface area contributed by atoms with Gasteiger partial charge in [0.05, 0.1) is 22.7 Å². The number of benzene rings is 2. The van der Waals surface area contributed by atoms with Crippen molar-refractivity contribution in [1.82, 2.24) is 0 Å². The molecule has 0 saturated carbocycles. The second-order valence-corrected chi connectivity index (χ2v) is 5.01. The summed E-state index contributed by atoms with van der Waals surface area (Å²) >= 11 is 0. The van der Waals surface area contributed by atoms with Crippen LogP contribution in [0, 0.1) is 6.92 Å². The van der Waals surface area contributed by atoms with Gasteiger partial charge < -0.3 is 10.2 Å². The molecule has 0 fully saturated rings. The van der Waals surface area contributed by atoms with Crippen LogP contribution in [0.15, 0.2) is 42.5 Å². The quantitative estimate of drug-likeness (QED) is 0.758. The van der Waals surface area contributed by atoms with Crippen molar-refractivity contribution in [3.8, 4) is 0 Å². The Bertz CT molecular complexity index is 635. The van der Waals surface area contributed by atoms with Gasteiger partial charge in [-0.2, -0.15) is 0 Å². The van der Waals surface area contributed by atoms with Crippen molar-refractivity contribution in [3.05, 3.63) is 48.0 Å². The average Bonchev–Trinajstić information content (AvgIpc) is 2.87. The molecule has 0 aromatic heterocycles. The summed E-state index contributed by atoms with van der Waals surface area (Å²) in [7, 11) is 2.14. The maximum atomic E-state index is 3.56. The fourth-order valence-electron chi connectivity index (χ4n) is 2.93. The van der Waals surface area contributed by atoms with E-state index in [2.05, 4.69) is 71.6 Å². The van der Waals surface area contributed by atoms with Gasteiger partial charge in [0.1, 0.15) is 0 Å². The minimum Gasteiger partial charge on any atom is -0.346 e. The van der Waals surface area contributed by atoms with E-state index in [0.29, 0.717) is 0 Å². The van der Waals surface area contributed by atoms with Crippen LogP contribution in [0.4, 0.5) is 22.7 Å².